The van der Waals surface area contributed by atoms with Gasteiger partial charge in [-0.05, 0) is 36.0 Å². The fourth-order valence-electron chi connectivity index (χ4n) is 1.74. The summed E-state index contributed by atoms with van der Waals surface area (Å²) >= 11 is 0. The number of rotatable bonds is 7. The van der Waals surface area contributed by atoms with Gasteiger partial charge in [0, 0.05) is 25.3 Å². The van der Waals surface area contributed by atoms with Gasteiger partial charge in [-0.25, -0.2) is 0 Å². The second-order valence-corrected chi connectivity index (χ2v) is 5.35. The molecule has 0 heterocycles. The number of nitriles is 1. The maximum Gasteiger partial charge on any atom is 0.0621 e. The molecule has 1 aromatic rings. The molecule has 3 nitrogen and oxygen atoms in total. The quantitative estimate of drug-likeness (QED) is 0.777. The van der Waals surface area contributed by atoms with Crippen LogP contribution in [-0.4, -0.2) is 18.3 Å². The average molecular weight is 246 g/mol. The van der Waals surface area contributed by atoms with Gasteiger partial charge in [0.05, 0.1) is 6.07 Å². The van der Waals surface area contributed by atoms with Gasteiger partial charge in [0.2, 0.25) is 0 Å². The van der Waals surface area contributed by atoms with Crippen LogP contribution < -0.4 is 5.32 Å². The third-order valence-corrected chi connectivity index (χ3v) is 3.04. The maximum absolute atomic E-state index is 8.84. The van der Waals surface area contributed by atoms with E-state index in [0.717, 1.165) is 24.2 Å². The number of aliphatic hydroxyl groups excluding tert-OH is 1. The number of anilines is 1. The SMILES string of the molecule is CC(C)(CCC#N)CNc1ccc(CCO)cc1. The van der Waals surface area contributed by atoms with Crippen LogP contribution in [0.2, 0.25) is 0 Å². The number of hydrogen-bond acceptors (Lipinski definition) is 3. The predicted octanol–water partition coefficient (Wildman–Crippen LogP) is 2.96. The fraction of sp³-hybridized carbons (Fsp3) is 0.533. The zero-order valence-corrected chi connectivity index (χ0v) is 11.2. The first kappa shape index (κ1) is 14.5. The van der Waals surface area contributed by atoms with Gasteiger partial charge < -0.3 is 10.4 Å². The van der Waals surface area contributed by atoms with Gasteiger partial charge in [-0.2, -0.15) is 5.26 Å². The fourth-order valence-corrected chi connectivity index (χ4v) is 1.74. The van der Waals surface area contributed by atoms with Crippen LogP contribution in [0.3, 0.4) is 0 Å². The largest absolute Gasteiger partial charge is 0.396 e. The summed E-state index contributed by atoms with van der Waals surface area (Å²) in [4.78, 5) is 0. The van der Waals surface area contributed by atoms with E-state index in [1.54, 1.807) is 0 Å². The smallest absolute Gasteiger partial charge is 0.0621 e. The molecule has 0 aromatic heterocycles. The molecule has 0 radical (unpaired) electrons. The molecule has 0 aliphatic heterocycles. The number of nitrogens with one attached hydrogen (secondary N) is 1. The van der Waals surface area contributed by atoms with Gasteiger partial charge in [0.25, 0.3) is 0 Å². The van der Waals surface area contributed by atoms with Crippen molar-refractivity contribution in [3.63, 3.8) is 0 Å². The van der Waals surface area contributed by atoms with Crippen LogP contribution in [0.15, 0.2) is 24.3 Å². The van der Waals surface area contributed by atoms with Crippen molar-refractivity contribution in [1.29, 1.82) is 5.26 Å². The van der Waals surface area contributed by atoms with Gasteiger partial charge in [0.15, 0.2) is 0 Å². The van der Waals surface area contributed by atoms with E-state index < -0.39 is 0 Å². The zero-order chi connectivity index (χ0) is 13.4. The van der Waals surface area contributed by atoms with Crippen molar-refractivity contribution in [3.8, 4) is 6.07 Å². The highest BCUT2D eigenvalue weighted by Gasteiger charge is 2.16. The van der Waals surface area contributed by atoms with Crippen molar-refractivity contribution in [2.45, 2.75) is 33.1 Å². The molecule has 0 aliphatic rings. The average Bonchev–Trinajstić information content (AvgIpc) is 2.36. The molecule has 0 bridgehead atoms. The Bertz CT molecular complexity index is 390. The highest BCUT2D eigenvalue weighted by atomic mass is 16.2. The summed E-state index contributed by atoms with van der Waals surface area (Å²) in [6, 6.07) is 10.3. The highest BCUT2D eigenvalue weighted by Crippen LogP contribution is 2.23. The number of hydrogen-bond donors (Lipinski definition) is 2. The summed E-state index contributed by atoms with van der Waals surface area (Å²) < 4.78 is 0. The predicted molar refractivity (Wildman–Crippen MR) is 74.3 cm³/mol. The summed E-state index contributed by atoms with van der Waals surface area (Å²) in [6.07, 6.45) is 2.21. The van der Waals surface area contributed by atoms with Gasteiger partial charge in [-0.15, -0.1) is 0 Å². The van der Waals surface area contributed by atoms with Crippen LogP contribution >= 0.6 is 0 Å². The van der Waals surface area contributed by atoms with E-state index in [-0.39, 0.29) is 12.0 Å². The van der Waals surface area contributed by atoms with E-state index in [4.69, 9.17) is 10.4 Å². The molecule has 1 rings (SSSR count). The molecule has 0 atom stereocenters. The van der Waals surface area contributed by atoms with Crippen molar-refractivity contribution in [2.24, 2.45) is 5.41 Å². The molecule has 2 N–H and O–H groups in total. The van der Waals surface area contributed by atoms with Crippen LogP contribution in [0.5, 0.6) is 0 Å². The molecule has 0 fully saturated rings. The van der Waals surface area contributed by atoms with Crippen molar-refractivity contribution in [3.05, 3.63) is 29.8 Å². The minimum atomic E-state index is 0.125. The molecule has 98 valence electrons. The third-order valence-electron chi connectivity index (χ3n) is 3.04. The standard InChI is InChI=1S/C15H22N2O/c1-15(2,9-3-10-16)12-17-14-6-4-13(5-7-14)8-11-18/h4-7,17-18H,3,8-9,11-12H2,1-2H3. The second kappa shape index (κ2) is 7.03. The Morgan fingerprint density at radius 1 is 1.28 bits per heavy atom. The molecular formula is C15H22N2O. The number of aliphatic hydroxyl groups is 1. The lowest BCUT2D eigenvalue weighted by Crippen LogP contribution is -2.22. The number of nitrogens with zero attached hydrogens (tertiary/aromatic N) is 1. The third kappa shape index (κ3) is 5.20. The zero-order valence-electron chi connectivity index (χ0n) is 11.2. The number of benzene rings is 1. The molecule has 0 saturated heterocycles. The second-order valence-electron chi connectivity index (χ2n) is 5.35. The minimum Gasteiger partial charge on any atom is -0.396 e. The molecule has 1 aromatic carbocycles. The monoisotopic (exact) mass is 246 g/mol. The highest BCUT2D eigenvalue weighted by molar-refractivity contribution is 5.44. The Morgan fingerprint density at radius 3 is 2.50 bits per heavy atom. The lowest BCUT2D eigenvalue weighted by atomic mass is 9.88. The summed E-state index contributed by atoms with van der Waals surface area (Å²) in [5, 5.41) is 20.8. The molecule has 0 unspecified atom stereocenters. The Kier molecular flexibility index (Phi) is 5.67. The van der Waals surface area contributed by atoms with Crippen LogP contribution in [0.4, 0.5) is 5.69 Å². The molecule has 18 heavy (non-hydrogen) atoms. The Balaban J connectivity index is 2.45. The van der Waals surface area contributed by atoms with Crippen molar-refractivity contribution in [2.75, 3.05) is 18.5 Å². The van der Waals surface area contributed by atoms with Gasteiger partial charge in [-0.1, -0.05) is 26.0 Å². The normalized spacial score (nSPS) is 11.0. The molecule has 0 spiro atoms. The van der Waals surface area contributed by atoms with Crippen LogP contribution in [-0.2, 0) is 6.42 Å². The minimum absolute atomic E-state index is 0.125. The molecule has 0 saturated carbocycles. The summed E-state index contributed by atoms with van der Waals surface area (Å²) in [7, 11) is 0. The summed E-state index contributed by atoms with van der Waals surface area (Å²) in [6.45, 7) is 5.37. The lowest BCUT2D eigenvalue weighted by molar-refractivity contribution is 0.299. The summed E-state index contributed by atoms with van der Waals surface area (Å²) in [5.41, 5.74) is 2.35. The van der Waals surface area contributed by atoms with Gasteiger partial charge >= 0.3 is 0 Å². The first-order valence-electron chi connectivity index (χ1n) is 6.38. The van der Waals surface area contributed by atoms with Crippen LogP contribution in [0.1, 0.15) is 32.3 Å². The van der Waals surface area contributed by atoms with Crippen LogP contribution in [0, 0.1) is 16.7 Å². The van der Waals surface area contributed by atoms with E-state index >= 15 is 0 Å². The van der Waals surface area contributed by atoms with E-state index in [1.165, 1.54) is 0 Å². The Hall–Kier alpha value is -1.53. The van der Waals surface area contributed by atoms with Crippen molar-refractivity contribution < 1.29 is 5.11 Å². The Morgan fingerprint density at radius 2 is 1.94 bits per heavy atom. The molecule has 0 aliphatic carbocycles. The summed E-state index contributed by atoms with van der Waals surface area (Å²) in [5.74, 6) is 0. The van der Waals surface area contributed by atoms with Crippen molar-refractivity contribution >= 4 is 5.69 Å². The van der Waals surface area contributed by atoms with Crippen molar-refractivity contribution in [1.82, 2.24) is 0 Å². The molecule has 0 amide bonds. The van der Waals surface area contributed by atoms with E-state index in [0.29, 0.717) is 12.8 Å². The van der Waals surface area contributed by atoms with E-state index in [1.807, 2.05) is 24.3 Å². The maximum atomic E-state index is 8.84. The molecule has 3 heteroatoms. The topological polar surface area (TPSA) is 56.0 Å². The van der Waals surface area contributed by atoms with E-state index in [2.05, 4.69) is 25.2 Å². The first-order valence-corrected chi connectivity index (χ1v) is 6.38. The van der Waals surface area contributed by atoms with Gasteiger partial charge in [0.1, 0.15) is 0 Å². The van der Waals surface area contributed by atoms with Gasteiger partial charge in [-0.3, -0.25) is 0 Å². The van der Waals surface area contributed by atoms with E-state index in [9.17, 15) is 0 Å². The first-order chi connectivity index (χ1) is 8.57. The molecular weight excluding hydrogens is 224 g/mol. The Labute approximate surface area is 109 Å². The van der Waals surface area contributed by atoms with Crippen LogP contribution in [0.25, 0.3) is 0 Å². The lowest BCUT2D eigenvalue weighted by Gasteiger charge is -2.24.